The minimum Gasteiger partial charge on any atom is -0.394 e. The Kier molecular flexibility index (Phi) is 12.1. The Balaban J connectivity index is 1.43. The lowest BCUT2D eigenvalue weighted by Gasteiger charge is -2.49. The fraction of sp³-hybridized carbons (Fsp3) is 1.00. The van der Waals surface area contributed by atoms with Crippen molar-refractivity contribution in [1.29, 1.82) is 0 Å². The Morgan fingerprint density at radius 1 is 0.535 bits per heavy atom. The summed E-state index contributed by atoms with van der Waals surface area (Å²) in [4.78, 5) is 0. The quantitative estimate of drug-likeness (QED) is 0.113. The molecule has 43 heavy (non-hydrogen) atoms. The van der Waals surface area contributed by atoms with E-state index in [1.54, 1.807) is 0 Å². The van der Waals surface area contributed by atoms with Gasteiger partial charge in [-0.2, -0.15) is 0 Å². The van der Waals surface area contributed by atoms with Crippen LogP contribution in [0, 0.1) is 0 Å². The minimum atomic E-state index is -1.53. The van der Waals surface area contributed by atoms with Crippen LogP contribution in [0.15, 0.2) is 0 Å². The molecule has 3 saturated heterocycles. The zero-order valence-electron chi connectivity index (χ0n) is 23.7. The molecule has 19 heteroatoms. The van der Waals surface area contributed by atoms with E-state index in [1.165, 1.54) is 0 Å². The molecule has 20 N–H and O–H groups in total. The van der Waals surface area contributed by atoms with Gasteiger partial charge < -0.3 is 99.2 Å². The van der Waals surface area contributed by atoms with E-state index in [4.69, 9.17) is 68.6 Å². The summed E-state index contributed by atoms with van der Waals surface area (Å²) in [5, 5.41) is 62.3. The summed E-state index contributed by atoms with van der Waals surface area (Å²) in [6, 6.07) is -4.70. The van der Waals surface area contributed by atoms with E-state index in [2.05, 4.69) is 0 Å². The highest BCUT2D eigenvalue weighted by Gasteiger charge is 2.52. The number of hydrogen-bond acceptors (Lipinski definition) is 19. The van der Waals surface area contributed by atoms with Crippen molar-refractivity contribution < 1.29 is 59.1 Å². The first-order valence-corrected chi connectivity index (χ1v) is 14.4. The Bertz CT molecular complexity index is 885. The maximum absolute atomic E-state index is 11.3. The van der Waals surface area contributed by atoms with Gasteiger partial charge in [-0.05, 0) is 12.8 Å². The van der Waals surface area contributed by atoms with E-state index in [9.17, 15) is 30.6 Å². The first kappa shape index (κ1) is 35.1. The fourth-order valence-electron chi connectivity index (χ4n) is 6.02. The fourth-order valence-corrected chi connectivity index (χ4v) is 6.02. The number of hydrogen-bond donors (Lipinski definition) is 13. The summed E-state index contributed by atoms with van der Waals surface area (Å²) in [6.07, 6.45) is -16.5. The highest BCUT2D eigenvalue weighted by molar-refractivity contribution is 5.02. The molecule has 0 aromatic rings. The van der Waals surface area contributed by atoms with Crippen LogP contribution in [0.1, 0.15) is 12.8 Å². The molecule has 4 aliphatic rings. The molecule has 3 heterocycles. The van der Waals surface area contributed by atoms with Gasteiger partial charge in [-0.25, -0.2) is 0 Å². The molecular weight excluding hydrogens is 578 g/mol. The summed E-state index contributed by atoms with van der Waals surface area (Å²) in [5.74, 6) is 0. The molecule has 3 aliphatic heterocycles. The zero-order valence-corrected chi connectivity index (χ0v) is 23.7. The summed E-state index contributed by atoms with van der Waals surface area (Å²) in [6.45, 7) is -0.761. The number of ether oxygens (including phenoxy) is 6. The van der Waals surface area contributed by atoms with Gasteiger partial charge >= 0.3 is 0 Å². The van der Waals surface area contributed by atoms with Crippen LogP contribution in [-0.2, 0) is 28.4 Å². The van der Waals surface area contributed by atoms with Gasteiger partial charge in [-0.1, -0.05) is 0 Å². The van der Waals surface area contributed by atoms with Gasteiger partial charge in [0.25, 0.3) is 0 Å². The van der Waals surface area contributed by atoms with Gasteiger partial charge in [-0.15, -0.1) is 0 Å². The van der Waals surface area contributed by atoms with Crippen molar-refractivity contribution in [3.8, 4) is 0 Å². The molecule has 19 atom stereocenters. The highest BCUT2D eigenvalue weighted by Crippen LogP contribution is 2.32. The molecule has 4 rings (SSSR count). The maximum Gasteiger partial charge on any atom is 0.186 e. The lowest BCUT2D eigenvalue weighted by Crippen LogP contribution is -2.70. The van der Waals surface area contributed by atoms with Crippen LogP contribution < -0.4 is 40.1 Å². The molecule has 0 amide bonds. The van der Waals surface area contributed by atoms with Gasteiger partial charge in [0.1, 0.15) is 54.9 Å². The lowest BCUT2D eigenvalue weighted by atomic mass is 9.84. The molecule has 4 fully saturated rings. The third-order valence-corrected chi connectivity index (χ3v) is 8.66. The van der Waals surface area contributed by atoms with Crippen molar-refractivity contribution in [3.63, 3.8) is 0 Å². The number of aliphatic hydroxyl groups excluding tert-OH is 6. The second-order valence-electron chi connectivity index (χ2n) is 11.7. The average molecular weight is 628 g/mol. The summed E-state index contributed by atoms with van der Waals surface area (Å²) < 4.78 is 34.9. The first-order valence-electron chi connectivity index (χ1n) is 14.4. The monoisotopic (exact) mass is 627 g/mol. The molecule has 0 aromatic heterocycles. The van der Waals surface area contributed by atoms with Crippen molar-refractivity contribution in [3.05, 3.63) is 0 Å². The lowest BCUT2D eigenvalue weighted by molar-refractivity contribution is -0.337. The van der Waals surface area contributed by atoms with Crippen LogP contribution in [0.5, 0.6) is 0 Å². The predicted molar refractivity (Wildman–Crippen MR) is 145 cm³/mol. The number of rotatable bonds is 9. The van der Waals surface area contributed by atoms with E-state index >= 15 is 0 Å². The molecule has 252 valence electrons. The van der Waals surface area contributed by atoms with Crippen LogP contribution in [0.25, 0.3) is 0 Å². The minimum absolute atomic E-state index is 0.0250. The van der Waals surface area contributed by atoms with Gasteiger partial charge in [0, 0.05) is 25.2 Å². The van der Waals surface area contributed by atoms with Crippen LogP contribution in [0.3, 0.4) is 0 Å². The molecular formula is C24H49N7O12. The van der Waals surface area contributed by atoms with Gasteiger partial charge in [-0.3, -0.25) is 0 Å². The predicted octanol–water partition coefficient (Wildman–Crippen LogP) is -8.54. The third-order valence-electron chi connectivity index (χ3n) is 8.66. The van der Waals surface area contributed by atoms with E-state index < -0.39 is 123 Å². The van der Waals surface area contributed by atoms with Crippen LogP contribution >= 0.6 is 0 Å². The maximum atomic E-state index is 11.3. The molecule has 0 aromatic carbocycles. The van der Waals surface area contributed by atoms with E-state index in [0.717, 1.165) is 0 Å². The van der Waals surface area contributed by atoms with Gasteiger partial charge in [0.15, 0.2) is 18.9 Å². The molecule has 0 spiro atoms. The summed E-state index contributed by atoms with van der Waals surface area (Å²) in [7, 11) is 0. The second-order valence-corrected chi connectivity index (χ2v) is 11.7. The van der Waals surface area contributed by atoms with Crippen molar-refractivity contribution in [2.24, 2.45) is 40.1 Å². The number of nitrogens with two attached hydrogens (primary N) is 7. The Morgan fingerprint density at radius 3 is 1.65 bits per heavy atom. The first-order chi connectivity index (χ1) is 20.3. The van der Waals surface area contributed by atoms with Crippen LogP contribution in [-0.4, -0.2) is 167 Å². The average Bonchev–Trinajstić information content (AvgIpc) is 2.97. The Hall–Kier alpha value is -0.760. The molecule has 19 nitrogen and oxygen atoms in total. The molecule has 0 bridgehead atoms. The summed E-state index contributed by atoms with van der Waals surface area (Å²) >= 11 is 0. The van der Waals surface area contributed by atoms with Crippen LogP contribution in [0.4, 0.5) is 0 Å². The standard InChI is InChI=1S/C24H49N7O12/c25-3-10-9(33)2-8(29)22(38-10)41-19-6(27)1-7(28)20(18(19)37)42-24-17(36)13(30)21(11(4-26)39-24)43-23-14(31)16(35)15(34)12(5-32)40-23/h6-24,32-37H,1-5,25-31H2/t6-,7+,8+,9-,10+,11+,12+,13+,14+,15+,16+,17+,18-,19+,20-,21+,22+,23+,24+/m0/s1. The molecule has 0 unspecified atom stereocenters. The van der Waals surface area contributed by atoms with Crippen molar-refractivity contribution in [1.82, 2.24) is 0 Å². The highest BCUT2D eigenvalue weighted by atomic mass is 16.7. The topological polar surface area (TPSA) is 359 Å². The van der Waals surface area contributed by atoms with Crippen molar-refractivity contribution in [2.45, 2.75) is 129 Å². The van der Waals surface area contributed by atoms with Crippen molar-refractivity contribution in [2.75, 3.05) is 19.7 Å². The van der Waals surface area contributed by atoms with Gasteiger partial charge in [0.2, 0.25) is 0 Å². The van der Waals surface area contributed by atoms with E-state index in [1.807, 2.05) is 0 Å². The number of aliphatic hydroxyl groups is 6. The van der Waals surface area contributed by atoms with E-state index in [0.29, 0.717) is 0 Å². The van der Waals surface area contributed by atoms with Crippen molar-refractivity contribution >= 4 is 0 Å². The largest absolute Gasteiger partial charge is 0.394 e. The Labute approximate surface area is 248 Å². The second kappa shape index (κ2) is 14.8. The Morgan fingerprint density at radius 2 is 1.07 bits per heavy atom. The molecule has 0 radical (unpaired) electrons. The summed E-state index contributed by atoms with van der Waals surface area (Å²) in [5.41, 5.74) is 42.6. The SMILES string of the molecule is NC[C@H]1O[C@H](O[C@@H]2[C@@H](O)[C@H](O[C@H]3O[C@H](CN)[C@@H](O)C[C@H]3N)[C@@H](N)C[C@H]2N)[C@H](O)[C@@H](N)[C@@H]1O[C@H]1O[C@H](CO)[C@@H](O)[C@H](O)[C@H]1N. The molecule has 1 aliphatic carbocycles. The smallest absolute Gasteiger partial charge is 0.186 e. The van der Waals surface area contributed by atoms with Crippen LogP contribution in [0.2, 0.25) is 0 Å². The third kappa shape index (κ3) is 7.30. The molecule has 1 saturated carbocycles. The van der Waals surface area contributed by atoms with Gasteiger partial charge in [0.05, 0.1) is 36.9 Å². The van der Waals surface area contributed by atoms with E-state index in [-0.39, 0.29) is 25.9 Å². The normalized spacial score (nSPS) is 53.1. The zero-order chi connectivity index (χ0) is 31.7.